The van der Waals surface area contributed by atoms with Gasteiger partial charge in [0.1, 0.15) is 17.3 Å². The van der Waals surface area contributed by atoms with Crippen LogP contribution in [0.3, 0.4) is 0 Å². The largest absolute Gasteiger partial charge is 0.402 e. The number of aliphatic hydroxyl groups is 1. The summed E-state index contributed by atoms with van der Waals surface area (Å²) in [6.45, 7) is -2.68. The van der Waals surface area contributed by atoms with Crippen LogP contribution in [0.1, 0.15) is 5.56 Å². The van der Waals surface area contributed by atoms with E-state index in [2.05, 4.69) is 0 Å². The van der Waals surface area contributed by atoms with Crippen molar-refractivity contribution in [3.63, 3.8) is 0 Å². The number of hydrogen-bond acceptors (Lipinski definition) is 3. The van der Waals surface area contributed by atoms with Gasteiger partial charge in [0.05, 0.1) is 6.61 Å². The fraction of sp³-hybridized carbons (Fsp3) is 0.333. The number of hydrogen-bond donors (Lipinski definition) is 2. The Balaban J connectivity index is 3.18. The highest BCUT2D eigenvalue weighted by molar-refractivity contribution is 7.89. The summed E-state index contributed by atoms with van der Waals surface area (Å²) in [6.07, 6.45) is -4.78. The van der Waals surface area contributed by atoms with Gasteiger partial charge in [-0.05, 0) is 12.1 Å². The van der Waals surface area contributed by atoms with Gasteiger partial charge in [-0.2, -0.15) is 13.2 Å². The van der Waals surface area contributed by atoms with Crippen LogP contribution >= 0.6 is 11.6 Å². The maximum Gasteiger partial charge on any atom is 0.402 e. The molecule has 108 valence electrons. The third-order valence-electron chi connectivity index (χ3n) is 2.00. The molecule has 19 heavy (non-hydrogen) atoms. The zero-order chi connectivity index (χ0) is 14.8. The highest BCUT2D eigenvalue weighted by Crippen LogP contribution is 2.24. The summed E-state index contributed by atoms with van der Waals surface area (Å²) in [5.41, 5.74) is -0.431. The van der Waals surface area contributed by atoms with Crippen LogP contribution in [0.5, 0.6) is 0 Å². The zero-order valence-corrected chi connectivity index (χ0v) is 10.7. The molecule has 0 amide bonds. The lowest BCUT2D eigenvalue weighted by atomic mass is 10.2. The van der Waals surface area contributed by atoms with E-state index in [-0.39, 0.29) is 5.02 Å². The van der Waals surface area contributed by atoms with Gasteiger partial charge in [0.25, 0.3) is 0 Å². The van der Waals surface area contributed by atoms with Crippen LogP contribution in [0.2, 0.25) is 5.02 Å². The molecule has 0 heterocycles. The topological polar surface area (TPSA) is 66.4 Å². The van der Waals surface area contributed by atoms with Gasteiger partial charge in [0.15, 0.2) is 0 Å². The number of aliphatic hydroxyl groups excluding tert-OH is 1. The highest BCUT2D eigenvalue weighted by atomic mass is 35.5. The molecule has 0 aliphatic carbocycles. The normalized spacial score (nSPS) is 12.7. The zero-order valence-electron chi connectivity index (χ0n) is 9.13. The van der Waals surface area contributed by atoms with Crippen LogP contribution in [0.15, 0.2) is 17.0 Å². The van der Waals surface area contributed by atoms with Gasteiger partial charge in [-0.25, -0.2) is 17.5 Å². The number of rotatable bonds is 4. The summed E-state index contributed by atoms with van der Waals surface area (Å²) >= 11 is 5.50. The molecule has 0 aliphatic rings. The third kappa shape index (κ3) is 4.30. The first kappa shape index (κ1) is 16.2. The molecule has 0 unspecified atom stereocenters. The first-order chi connectivity index (χ1) is 8.57. The maximum atomic E-state index is 13.6. The summed E-state index contributed by atoms with van der Waals surface area (Å²) in [7, 11) is -4.72. The Morgan fingerprint density at radius 1 is 1.32 bits per heavy atom. The second kappa shape index (κ2) is 5.61. The average Bonchev–Trinajstić information content (AvgIpc) is 2.28. The van der Waals surface area contributed by atoms with E-state index < -0.39 is 45.6 Å². The van der Waals surface area contributed by atoms with Gasteiger partial charge in [0.2, 0.25) is 10.0 Å². The highest BCUT2D eigenvalue weighted by Gasteiger charge is 2.31. The predicted molar refractivity (Wildman–Crippen MR) is 58.6 cm³/mol. The van der Waals surface area contributed by atoms with Crippen molar-refractivity contribution in [1.29, 1.82) is 0 Å². The molecular weight excluding hydrogens is 314 g/mol. The van der Waals surface area contributed by atoms with Gasteiger partial charge in [-0.3, -0.25) is 0 Å². The first-order valence-electron chi connectivity index (χ1n) is 4.72. The van der Waals surface area contributed by atoms with Crippen LogP contribution in [-0.4, -0.2) is 26.2 Å². The molecule has 0 atom stereocenters. The maximum absolute atomic E-state index is 13.6. The minimum absolute atomic E-state index is 0.224. The van der Waals surface area contributed by atoms with E-state index >= 15 is 0 Å². The average molecular weight is 322 g/mol. The van der Waals surface area contributed by atoms with Crippen LogP contribution in [0.4, 0.5) is 17.6 Å². The van der Waals surface area contributed by atoms with Gasteiger partial charge in [0, 0.05) is 10.6 Å². The van der Waals surface area contributed by atoms with Crippen molar-refractivity contribution in [1.82, 2.24) is 4.72 Å². The fourth-order valence-corrected chi connectivity index (χ4v) is 2.65. The molecule has 0 saturated heterocycles. The molecule has 0 saturated carbocycles. The van der Waals surface area contributed by atoms with Crippen LogP contribution < -0.4 is 4.72 Å². The van der Waals surface area contributed by atoms with Gasteiger partial charge < -0.3 is 5.11 Å². The molecule has 0 aliphatic heterocycles. The molecular formula is C9H8ClF4NO3S. The Kier molecular flexibility index (Phi) is 4.77. The van der Waals surface area contributed by atoms with Crippen molar-refractivity contribution >= 4 is 21.6 Å². The molecule has 0 radical (unpaired) electrons. The molecule has 0 bridgehead atoms. The molecule has 1 aromatic carbocycles. The minimum atomic E-state index is -4.78. The van der Waals surface area contributed by atoms with Crippen molar-refractivity contribution in [3.05, 3.63) is 28.5 Å². The summed E-state index contributed by atoms with van der Waals surface area (Å²) in [4.78, 5) is -1.05. The van der Waals surface area contributed by atoms with E-state index in [0.717, 1.165) is 6.07 Å². The molecule has 1 aromatic rings. The van der Waals surface area contributed by atoms with E-state index in [0.29, 0.717) is 6.07 Å². The van der Waals surface area contributed by atoms with E-state index in [4.69, 9.17) is 16.7 Å². The SMILES string of the molecule is O=S(=O)(NCC(F)(F)F)c1cc(Cl)cc(CO)c1F. The Labute approximate surface area is 111 Å². The van der Waals surface area contributed by atoms with Gasteiger partial charge in [-0.15, -0.1) is 0 Å². The molecule has 1 rings (SSSR count). The third-order valence-corrected chi connectivity index (χ3v) is 3.62. The summed E-state index contributed by atoms with van der Waals surface area (Å²) in [6, 6.07) is 1.63. The molecule has 0 fully saturated rings. The van der Waals surface area contributed by atoms with E-state index in [1.807, 2.05) is 0 Å². The second-order valence-electron chi connectivity index (χ2n) is 3.47. The van der Waals surface area contributed by atoms with Crippen molar-refractivity contribution in [2.75, 3.05) is 6.54 Å². The fourth-order valence-electron chi connectivity index (χ4n) is 1.18. The number of nitrogens with one attached hydrogen (secondary N) is 1. The van der Waals surface area contributed by atoms with E-state index in [1.165, 1.54) is 4.72 Å². The molecule has 2 N–H and O–H groups in total. The summed E-state index contributed by atoms with van der Waals surface area (Å²) < 4.78 is 73.7. The molecule has 10 heteroatoms. The number of halogens is 5. The first-order valence-corrected chi connectivity index (χ1v) is 6.58. The van der Waals surface area contributed by atoms with Crippen molar-refractivity contribution in [2.24, 2.45) is 0 Å². The van der Waals surface area contributed by atoms with E-state index in [1.54, 1.807) is 0 Å². The Bertz CT molecular complexity index is 574. The number of alkyl halides is 3. The van der Waals surface area contributed by atoms with Crippen LogP contribution in [0.25, 0.3) is 0 Å². The quantitative estimate of drug-likeness (QED) is 0.831. The second-order valence-corrected chi connectivity index (χ2v) is 5.65. The Morgan fingerprint density at radius 2 is 1.89 bits per heavy atom. The van der Waals surface area contributed by atoms with Crippen LogP contribution in [-0.2, 0) is 16.6 Å². The monoisotopic (exact) mass is 321 g/mol. The summed E-state index contributed by atoms with van der Waals surface area (Å²) in [5, 5.41) is 8.57. The lowest BCUT2D eigenvalue weighted by Crippen LogP contribution is -2.34. The standard InChI is InChI=1S/C9H8ClF4NO3S/c10-6-1-5(3-16)8(11)7(2-6)19(17,18)15-4-9(12,13)14/h1-2,15-16H,3-4H2. The van der Waals surface area contributed by atoms with Crippen LogP contribution in [0, 0.1) is 5.82 Å². The Hall–Kier alpha value is -0.900. The van der Waals surface area contributed by atoms with E-state index in [9.17, 15) is 26.0 Å². The van der Waals surface area contributed by atoms with Gasteiger partial charge in [-0.1, -0.05) is 11.6 Å². The van der Waals surface area contributed by atoms with Crippen molar-refractivity contribution in [3.8, 4) is 0 Å². The van der Waals surface area contributed by atoms with Crippen molar-refractivity contribution in [2.45, 2.75) is 17.7 Å². The number of sulfonamides is 1. The lowest BCUT2D eigenvalue weighted by Gasteiger charge is -2.11. The smallest absolute Gasteiger partial charge is 0.392 e. The number of benzene rings is 1. The minimum Gasteiger partial charge on any atom is -0.392 e. The van der Waals surface area contributed by atoms with Gasteiger partial charge >= 0.3 is 6.18 Å². The molecule has 0 spiro atoms. The summed E-state index contributed by atoms with van der Waals surface area (Å²) in [5.74, 6) is -1.35. The Morgan fingerprint density at radius 3 is 2.37 bits per heavy atom. The molecule has 0 aromatic heterocycles. The molecule has 4 nitrogen and oxygen atoms in total. The van der Waals surface area contributed by atoms with Crippen molar-refractivity contribution < 1.29 is 31.1 Å². The lowest BCUT2D eigenvalue weighted by molar-refractivity contribution is -0.121. The predicted octanol–water partition coefficient (Wildman–Crippen LogP) is 1.81.